The number of nitriles is 1. The van der Waals surface area contributed by atoms with E-state index in [-0.39, 0.29) is 53.5 Å². The molecule has 0 spiro atoms. The van der Waals surface area contributed by atoms with E-state index in [4.69, 9.17) is 0 Å². The van der Waals surface area contributed by atoms with Crippen LogP contribution in [0.5, 0.6) is 0 Å². The average Bonchev–Trinajstić information content (AvgIpc) is 3.51. The number of likely N-dealkylation sites (tertiary alicyclic amines) is 2. The summed E-state index contributed by atoms with van der Waals surface area (Å²) in [5.74, 6) is -0.115. The summed E-state index contributed by atoms with van der Waals surface area (Å²) in [7, 11) is -3.50. The van der Waals surface area contributed by atoms with Gasteiger partial charge in [0.15, 0.2) is 9.84 Å². The fourth-order valence-electron chi connectivity index (χ4n) is 8.54. The zero-order valence-electron chi connectivity index (χ0n) is 27.7. The van der Waals surface area contributed by atoms with E-state index in [2.05, 4.69) is 27.8 Å². The molecule has 1 saturated carbocycles. The fraction of sp³-hybridized carbons (Fsp3) is 0.541. The lowest BCUT2D eigenvalue weighted by Crippen LogP contribution is -2.56. The number of benzene rings is 2. The van der Waals surface area contributed by atoms with E-state index < -0.39 is 20.5 Å². The number of piperidine rings is 1. The normalized spacial score (nSPS) is 23.9. The van der Waals surface area contributed by atoms with Gasteiger partial charge in [-0.15, -0.1) is 0 Å². The average molecular weight is 676 g/mol. The van der Waals surface area contributed by atoms with Gasteiger partial charge in [-0.05, 0) is 92.7 Å². The molecule has 6 rings (SSSR count). The van der Waals surface area contributed by atoms with E-state index in [1.165, 1.54) is 23.1 Å². The summed E-state index contributed by atoms with van der Waals surface area (Å²) in [6.45, 7) is 10.1. The highest BCUT2D eigenvalue weighted by molar-refractivity contribution is 7.92. The predicted molar refractivity (Wildman–Crippen MR) is 182 cm³/mol. The maximum absolute atomic E-state index is 14.6. The van der Waals surface area contributed by atoms with Crippen molar-refractivity contribution in [1.29, 1.82) is 5.26 Å². The molecular weight excluding hydrogens is 630 g/mol. The van der Waals surface area contributed by atoms with E-state index in [1.807, 2.05) is 25.1 Å². The molecule has 0 bridgehead atoms. The highest BCUT2D eigenvalue weighted by Gasteiger charge is 2.52. The van der Waals surface area contributed by atoms with Crippen LogP contribution in [-0.4, -0.2) is 87.1 Å². The molecule has 2 aromatic rings. The summed E-state index contributed by atoms with van der Waals surface area (Å²) in [5, 5.41) is 13.5. The van der Waals surface area contributed by atoms with Crippen LogP contribution in [0.1, 0.15) is 51.0 Å². The first-order valence-corrected chi connectivity index (χ1v) is 18.8. The van der Waals surface area contributed by atoms with Crippen LogP contribution < -0.4 is 10.2 Å². The molecule has 1 unspecified atom stereocenters. The molecule has 2 aromatic carbocycles. The van der Waals surface area contributed by atoms with Gasteiger partial charge >= 0.3 is 0 Å². The van der Waals surface area contributed by atoms with Crippen LogP contribution in [0.4, 0.5) is 10.1 Å². The second kappa shape index (κ2) is 14.0. The van der Waals surface area contributed by atoms with E-state index in [0.29, 0.717) is 12.3 Å². The second-order valence-electron chi connectivity index (χ2n) is 14.0. The van der Waals surface area contributed by atoms with Gasteiger partial charge in [0, 0.05) is 62.7 Å². The maximum atomic E-state index is 14.6. The summed E-state index contributed by atoms with van der Waals surface area (Å²) in [5.41, 5.74) is 0.859. The van der Waals surface area contributed by atoms with Crippen molar-refractivity contribution in [3.63, 3.8) is 0 Å². The fourth-order valence-corrected chi connectivity index (χ4v) is 10.2. The van der Waals surface area contributed by atoms with Crippen molar-refractivity contribution in [3.8, 4) is 6.07 Å². The van der Waals surface area contributed by atoms with Crippen LogP contribution in [0, 0.1) is 34.9 Å². The molecule has 256 valence electrons. The van der Waals surface area contributed by atoms with Crippen LogP contribution in [0.25, 0.3) is 0 Å². The van der Waals surface area contributed by atoms with Crippen molar-refractivity contribution >= 4 is 27.3 Å². The molecule has 2 amide bonds. The number of rotatable bonds is 11. The molecule has 3 aliphatic heterocycles. The number of carbonyl (C=O) groups is 2. The third-order valence-corrected chi connectivity index (χ3v) is 13.4. The van der Waals surface area contributed by atoms with E-state index >= 15 is 0 Å². The van der Waals surface area contributed by atoms with Gasteiger partial charge in [-0.2, -0.15) is 5.26 Å². The van der Waals surface area contributed by atoms with Gasteiger partial charge in [0.1, 0.15) is 11.1 Å². The largest absolute Gasteiger partial charge is 0.371 e. The third-order valence-electron chi connectivity index (χ3n) is 11.3. The van der Waals surface area contributed by atoms with Crippen LogP contribution >= 0.6 is 0 Å². The summed E-state index contributed by atoms with van der Waals surface area (Å²) in [4.78, 5) is 30.6. The molecule has 0 radical (unpaired) electrons. The van der Waals surface area contributed by atoms with Crippen molar-refractivity contribution in [2.24, 2.45) is 17.8 Å². The zero-order valence-corrected chi connectivity index (χ0v) is 28.5. The number of anilines is 1. The number of amides is 2. The van der Waals surface area contributed by atoms with Crippen molar-refractivity contribution in [3.05, 3.63) is 72.6 Å². The van der Waals surface area contributed by atoms with Gasteiger partial charge in [0.2, 0.25) is 11.8 Å². The van der Waals surface area contributed by atoms with Gasteiger partial charge in [0.05, 0.1) is 16.4 Å². The molecular formula is C37H46FN5O4S. The van der Waals surface area contributed by atoms with Gasteiger partial charge in [-0.3, -0.25) is 9.59 Å². The minimum absolute atomic E-state index is 0.00769. The number of carbonyl (C=O) groups excluding carboxylic acids is 2. The second-order valence-corrected chi connectivity index (χ2v) is 16.2. The molecule has 3 saturated heterocycles. The Morgan fingerprint density at radius 3 is 2.40 bits per heavy atom. The minimum Gasteiger partial charge on any atom is -0.371 e. The highest BCUT2D eigenvalue weighted by Crippen LogP contribution is 2.50. The number of sulfone groups is 1. The third kappa shape index (κ3) is 6.49. The van der Waals surface area contributed by atoms with Crippen molar-refractivity contribution in [2.45, 2.75) is 67.1 Å². The number of hydrogen-bond donors (Lipinski definition) is 1. The van der Waals surface area contributed by atoms with E-state index in [9.17, 15) is 27.7 Å². The Morgan fingerprint density at radius 2 is 1.77 bits per heavy atom. The minimum atomic E-state index is -3.50. The molecule has 0 aromatic heterocycles. The lowest BCUT2D eigenvalue weighted by atomic mass is 9.59. The number of hydrogen-bond acceptors (Lipinski definition) is 7. The Kier molecular flexibility index (Phi) is 9.96. The predicted octanol–water partition coefficient (Wildman–Crippen LogP) is 4.30. The Morgan fingerprint density at radius 1 is 1.06 bits per heavy atom. The molecule has 3 atom stereocenters. The first-order chi connectivity index (χ1) is 23.1. The molecule has 1 aliphatic carbocycles. The number of nitrogens with one attached hydrogen (secondary N) is 1. The maximum Gasteiger partial charge on any atom is 0.246 e. The Labute approximate surface area is 283 Å². The summed E-state index contributed by atoms with van der Waals surface area (Å²) in [6.07, 6.45) is 5.88. The van der Waals surface area contributed by atoms with Gasteiger partial charge in [0.25, 0.3) is 0 Å². The Hall–Kier alpha value is -3.75. The Bertz CT molecular complexity index is 1660. The monoisotopic (exact) mass is 675 g/mol. The number of nitrogens with zero attached hydrogens (tertiary/aromatic N) is 4. The van der Waals surface area contributed by atoms with Crippen molar-refractivity contribution < 1.29 is 22.4 Å². The van der Waals surface area contributed by atoms with Crippen molar-refractivity contribution in [2.75, 3.05) is 50.7 Å². The lowest BCUT2D eigenvalue weighted by molar-refractivity contribution is -0.129. The van der Waals surface area contributed by atoms with Crippen molar-refractivity contribution in [1.82, 2.24) is 15.1 Å². The molecule has 11 heteroatoms. The topological polar surface area (TPSA) is 114 Å². The zero-order chi connectivity index (χ0) is 34.1. The van der Waals surface area contributed by atoms with Crippen LogP contribution in [0.15, 0.2) is 66.1 Å². The van der Waals surface area contributed by atoms with E-state index in [1.54, 1.807) is 18.2 Å². The molecule has 3 heterocycles. The lowest BCUT2D eigenvalue weighted by Gasteiger charge is -2.48. The van der Waals surface area contributed by atoms with Crippen LogP contribution in [0.3, 0.4) is 0 Å². The summed E-state index contributed by atoms with van der Waals surface area (Å²) in [6, 6.07) is 16.3. The quantitative estimate of drug-likeness (QED) is 0.354. The molecule has 9 nitrogen and oxygen atoms in total. The summed E-state index contributed by atoms with van der Waals surface area (Å²) >= 11 is 0. The smallest absolute Gasteiger partial charge is 0.246 e. The van der Waals surface area contributed by atoms with Gasteiger partial charge in [-0.25, -0.2) is 12.8 Å². The summed E-state index contributed by atoms with van der Waals surface area (Å²) < 4.78 is 40.6. The van der Waals surface area contributed by atoms with Crippen LogP contribution in [0.2, 0.25) is 0 Å². The van der Waals surface area contributed by atoms with Crippen LogP contribution in [-0.2, 0) is 24.8 Å². The molecule has 48 heavy (non-hydrogen) atoms. The molecule has 1 N–H and O–H groups in total. The molecule has 4 fully saturated rings. The number of halogens is 1. The first kappa shape index (κ1) is 34.1. The Balaban J connectivity index is 1.05. The first-order valence-electron chi connectivity index (χ1n) is 17.3. The standard InChI is InChI=1S/C37H46FN5O4S/c1-3-35(44)40-34-10-6-9-33(34)37(25-39,28-7-5-8-29(38)19-28)27-15-17-41(18-16-27)20-26-21-42(22-26)30-11-13-31(14-12-30)48(46,47)32-23-43(24-32)36(45)4-2/h4-5,7-8,11-14,19,26-27,32-34H,2-3,6,9-10,15-18,20-24H2,1H3,(H,40,44)/t33-,34-,37?/m0/s1. The van der Waals surface area contributed by atoms with E-state index in [0.717, 1.165) is 76.1 Å². The highest BCUT2D eigenvalue weighted by atomic mass is 32.2. The van der Waals surface area contributed by atoms with Gasteiger partial charge in [-0.1, -0.05) is 32.1 Å². The SMILES string of the molecule is C=CC(=O)N1CC(S(=O)(=O)c2ccc(N3CC(CN4CCC(C(C#N)(c5cccc(F)c5)[C@H]5CCC[C@@H]5NC(=O)CC)CC4)C3)cc2)C1. The van der Waals surface area contributed by atoms with Gasteiger partial charge < -0.3 is 20.0 Å². The molecule has 4 aliphatic rings.